The molecule has 2 fully saturated rings. The van der Waals surface area contributed by atoms with Crippen LogP contribution in [0.15, 0.2) is 23.7 Å². The van der Waals surface area contributed by atoms with Gasteiger partial charge in [0.1, 0.15) is 11.6 Å². The fraction of sp³-hybridized carbons (Fsp3) is 0.714. The molecular weight excluding hydrogens is 438 g/mol. The van der Waals surface area contributed by atoms with Gasteiger partial charge in [0.2, 0.25) is 0 Å². The molecule has 1 aromatic carbocycles. The van der Waals surface area contributed by atoms with Crippen LogP contribution in [0.4, 0.5) is 8.78 Å². The van der Waals surface area contributed by atoms with Gasteiger partial charge in [0.15, 0.2) is 0 Å². The van der Waals surface area contributed by atoms with Gasteiger partial charge < -0.3 is 0 Å². The lowest BCUT2D eigenvalue weighted by Gasteiger charge is -2.37. The highest BCUT2D eigenvalue weighted by Crippen LogP contribution is 2.42. The van der Waals surface area contributed by atoms with Crippen molar-refractivity contribution < 1.29 is 8.78 Å². The predicted molar refractivity (Wildman–Crippen MR) is 138 cm³/mol. The number of aryl methyl sites for hydroxylation is 1. The summed E-state index contributed by atoms with van der Waals surface area (Å²) in [5.74, 6) is 1.72. The standard InChI is InChI=1S/C28H43ClF2Si/c1-2-3-6-17-32-18-15-25(16-19-32)24-12-9-22(10-13-24)7-4-5-8-23-11-14-26(27(30)20-23)28(31)21-29/h11,14,20-22,24-25,32H,2-10,12-13,15-19H2,1H3. The van der Waals surface area contributed by atoms with E-state index in [0.717, 1.165) is 41.7 Å². The first-order chi connectivity index (χ1) is 15.6. The maximum absolute atomic E-state index is 14.0. The highest BCUT2D eigenvalue weighted by atomic mass is 35.5. The molecule has 0 amide bonds. The van der Waals surface area contributed by atoms with Gasteiger partial charge in [-0.3, -0.25) is 0 Å². The van der Waals surface area contributed by atoms with Gasteiger partial charge in [-0.1, -0.05) is 101 Å². The van der Waals surface area contributed by atoms with Crippen molar-refractivity contribution in [3.05, 3.63) is 40.7 Å². The molecule has 0 unspecified atom stereocenters. The normalized spacial score (nSPS) is 26.9. The van der Waals surface area contributed by atoms with Gasteiger partial charge >= 0.3 is 0 Å². The van der Waals surface area contributed by atoms with Crippen LogP contribution in [-0.4, -0.2) is 8.80 Å². The molecule has 180 valence electrons. The number of rotatable bonds is 11. The molecule has 1 saturated heterocycles. The molecule has 0 nitrogen and oxygen atoms in total. The van der Waals surface area contributed by atoms with E-state index >= 15 is 0 Å². The number of halogens is 3. The van der Waals surface area contributed by atoms with Gasteiger partial charge in [-0.15, -0.1) is 0 Å². The van der Waals surface area contributed by atoms with Gasteiger partial charge in [-0.2, -0.15) is 0 Å². The maximum Gasteiger partial charge on any atom is 0.144 e. The van der Waals surface area contributed by atoms with Gasteiger partial charge in [0, 0.05) is 19.9 Å². The Bertz CT molecular complexity index is 703. The Morgan fingerprint density at radius 3 is 2.38 bits per heavy atom. The SMILES string of the molecule is CCCCC[SiH]1CCC(C2CCC(CCCCc3ccc(C(F)=CCl)c(F)c3)CC2)CC1. The summed E-state index contributed by atoms with van der Waals surface area (Å²) in [4.78, 5) is 0. The van der Waals surface area contributed by atoms with E-state index in [1.807, 2.05) is 6.07 Å². The Morgan fingerprint density at radius 2 is 1.72 bits per heavy atom. The number of hydrogen-bond donors (Lipinski definition) is 0. The lowest BCUT2D eigenvalue weighted by Crippen LogP contribution is -2.28. The Hall–Kier alpha value is -0.673. The first kappa shape index (κ1) is 25.9. The highest BCUT2D eigenvalue weighted by molar-refractivity contribution is 6.58. The molecule has 32 heavy (non-hydrogen) atoms. The molecule has 1 heterocycles. The molecule has 1 aromatic rings. The minimum Gasteiger partial charge on any atom is -0.206 e. The summed E-state index contributed by atoms with van der Waals surface area (Å²) in [7, 11) is -0.372. The molecule has 0 atom stereocenters. The first-order valence-corrected chi connectivity index (χ1v) is 16.2. The van der Waals surface area contributed by atoms with E-state index in [9.17, 15) is 8.78 Å². The molecule has 1 saturated carbocycles. The second-order valence-electron chi connectivity index (χ2n) is 10.6. The van der Waals surface area contributed by atoms with Crippen LogP contribution in [0.1, 0.15) is 95.1 Å². The summed E-state index contributed by atoms with van der Waals surface area (Å²) in [5, 5.41) is 0. The molecule has 0 radical (unpaired) electrons. The van der Waals surface area contributed by atoms with Crippen LogP contribution < -0.4 is 0 Å². The molecule has 4 heteroatoms. The molecule has 0 aromatic heterocycles. The van der Waals surface area contributed by atoms with Crippen LogP contribution in [0.5, 0.6) is 0 Å². The molecule has 2 aliphatic rings. The van der Waals surface area contributed by atoms with Gasteiger partial charge in [-0.25, -0.2) is 8.78 Å². The average Bonchev–Trinajstić information content (AvgIpc) is 2.82. The van der Waals surface area contributed by atoms with E-state index < -0.39 is 11.6 Å². The Labute approximate surface area is 201 Å². The lowest BCUT2D eigenvalue weighted by atomic mass is 9.73. The number of benzene rings is 1. The van der Waals surface area contributed by atoms with Crippen molar-refractivity contribution in [1.29, 1.82) is 0 Å². The molecule has 3 rings (SSSR count). The molecular formula is C28H43ClF2Si. The Kier molecular flexibility index (Phi) is 11.3. The van der Waals surface area contributed by atoms with Gasteiger partial charge in [0.05, 0.1) is 0 Å². The van der Waals surface area contributed by atoms with Gasteiger partial charge in [-0.05, 0) is 61.1 Å². The van der Waals surface area contributed by atoms with Crippen LogP contribution in [-0.2, 0) is 6.42 Å². The van der Waals surface area contributed by atoms with Crippen molar-refractivity contribution in [1.82, 2.24) is 0 Å². The van der Waals surface area contributed by atoms with E-state index in [-0.39, 0.29) is 14.4 Å². The molecule has 1 aliphatic carbocycles. The van der Waals surface area contributed by atoms with E-state index in [0.29, 0.717) is 0 Å². The smallest absolute Gasteiger partial charge is 0.144 e. The summed E-state index contributed by atoms with van der Waals surface area (Å²) < 4.78 is 27.5. The second-order valence-corrected chi connectivity index (χ2v) is 14.3. The Morgan fingerprint density at radius 1 is 1.00 bits per heavy atom. The van der Waals surface area contributed by atoms with Crippen molar-refractivity contribution in [3.8, 4) is 0 Å². The predicted octanol–water partition coefficient (Wildman–Crippen LogP) is 9.68. The van der Waals surface area contributed by atoms with E-state index in [2.05, 4.69) is 6.92 Å². The van der Waals surface area contributed by atoms with Crippen molar-refractivity contribution in [2.75, 3.05) is 0 Å². The van der Waals surface area contributed by atoms with Crippen molar-refractivity contribution >= 4 is 26.2 Å². The summed E-state index contributed by atoms with van der Waals surface area (Å²) in [6, 6.07) is 9.66. The quantitative estimate of drug-likeness (QED) is 0.218. The van der Waals surface area contributed by atoms with E-state index in [1.165, 1.54) is 69.9 Å². The zero-order chi connectivity index (χ0) is 22.8. The van der Waals surface area contributed by atoms with Crippen LogP contribution in [0, 0.1) is 23.6 Å². The first-order valence-electron chi connectivity index (χ1n) is 13.3. The summed E-state index contributed by atoms with van der Waals surface area (Å²) in [5.41, 5.74) is 1.69. The third kappa shape index (κ3) is 7.97. The van der Waals surface area contributed by atoms with E-state index in [4.69, 9.17) is 11.6 Å². The second kappa shape index (κ2) is 13.9. The molecule has 0 bridgehead atoms. The fourth-order valence-corrected chi connectivity index (χ4v) is 9.96. The largest absolute Gasteiger partial charge is 0.206 e. The lowest BCUT2D eigenvalue weighted by molar-refractivity contribution is 0.184. The monoisotopic (exact) mass is 480 g/mol. The fourth-order valence-electron chi connectivity index (χ4n) is 6.31. The minimum absolute atomic E-state index is 0.0483. The van der Waals surface area contributed by atoms with Crippen molar-refractivity contribution in [2.45, 2.75) is 109 Å². The van der Waals surface area contributed by atoms with Gasteiger partial charge in [0.25, 0.3) is 0 Å². The topological polar surface area (TPSA) is 0 Å². The van der Waals surface area contributed by atoms with E-state index in [1.54, 1.807) is 31.0 Å². The summed E-state index contributed by atoms with van der Waals surface area (Å²) >= 11 is 5.35. The zero-order valence-electron chi connectivity index (χ0n) is 20.1. The Balaban J connectivity index is 1.29. The molecule has 0 N–H and O–H groups in total. The zero-order valence-corrected chi connectivity index (χ0v) is 22.0. The summed E-state index contributed by atoms with van der Waals surface area (Å²) in [6.07, 6.45) is 17.7. The highest BCUT2D eigenvalue weighted by Gasteiger charge is 2.30. The van der Waals surface area contributed by atoms with Crippen LogP contribution in [0.3, 0.4) is 0 Å². The third-order valence-corrected chi connectivity index (χ3v) is 12.1. The summed E-state index contributed by atoms with van der Waals surface area (Å²) in [6.45, 7) is 2.32. The maximum atomic E-state index is 14.0. The van der Waals surface area contributed by atoms with Crippen LogP contribution in [0.25, 0.3) is 5.83 Å². The van der Waals surface area contributed by atoms with Crippen LogP contribution in [0.2, 0.25) is 18.1 Å². The number of unbranched alkanes of at least 4 members (excludes halogenated alkanes) is 3. The third-order valence-electron chi connectivity index (χ3n) is 8.38. The minimum atomic E-state index is -0.714. The number of hydrogen-bond acceptors (Lipinski definition) is 0. The molecule has 0 spiro atoms. The van der Waals surface area contributed by atoms with Crippen molar-refractivity contribution in [3.63, 3.8) is 0 Å². The van der Waals surface area contributed by atoms with Crippen LogP contribution >= 0.6 is 11.6 Å². The van der Waals surface area contributed by atoms with Crippen molar-refractivity contribution in [2.24, 2.45) is 17.8 Å². The average molecular weight is 481 g/mol. The molecule has 1 aliphatic heterocycles.